The van der Waals surface area contributed by atoms with Gasteiger partial charge in [0.15, 0.2) is 17.0 Å². The predicted molar refractivity (Wildman–Crippen MR) is 117 cm³/mol. The van der Waals surface area contributed by atoms with E-state index in [4.69, 9.17) is 16.1 Å². The maximum atomic E-state index is 12.9. The number of imidazole rings is 1. The number of aromatic amines is 1. The van der Waals surface area contributed by atoms with Crippen LogP contribution in [-0.2, 0) is 19.5 Å². The van der Waals surface area contributed by atoms with Crippen LogP contribution in [0.5, 0.6) is 5.88 Å². The quantitative estimate of drug-likeness (QED) is 0.287. The first-order valence-electron chi connectivity index (χ1n) is 10.3. The number of nitrogens with zero attached hydrogens (tertiary/aromatic N) is 6. The van der Waals surface area contributed by atoms with E-state index in [0.717, 1.165) is 12.8 Å². The molecule has 0 saturated heterocycles. The highest BCUT2D eigenvalue weighted by Gasteiger charge is 2.17. The van der Waals surface area contributed by atoms with E-state index in [1.165, 1.54) is 21.4 Å². The Bertz CT molecular complexity index is 1340. The van der Waals surface area contributed by atoms with E-state index in [1.807, 2.05) is 6.92 Å². The van der Waals surface area contributed by atoms with Crippen LogP contribution in [0.2, 0.25) is 5.28 Å². The Morgan fingerprint density at radius 2 is 1.94 bits per heavy atom. The number of nitrogens with one attached hydrogen (secondary N) is 1. The summed E-state index contributed by atoms with van der Waals surface area (Å²) in [7, 11) is 0. The Morgan fingerprint density at radius 3 is 2.69 bits per heavy atom. The number of unbranched alkanes of at least 4 members (excludes halogenated alkanes) is 2. The van der Waals surface area contributed by atoms with Crippen molar-refractivity contribution in [3.8, 4) is 17.3 Å². The normalized spacial score (nSPS) is 11.4. The summed E-state index contributed by atoms with van der Waals surface area (Å²) in [5.74, 6) is 0.730. The zero-order chi connectivity index (χ0) is 22.7. The average molecular weight is 460 g/mol. The second-order valence-electron chi connectivity index (χ2n) is 7.35. The minimum absolute atomic E-state index is 0.0798. The molecule has 12 heteroatoms. The van der Waals surface area contributed by atoms with E-state index >= 15 is 0 Å². The van der Waals surface area contributed by atoms with Gasteiger partial charge < -0.3 is 14.6 Å². The number of rotatable bonds is 9. The van der Waals surface area contributed by atoms with Gasteiger partial charge in [-0.25, -0.2) is 9.78 Å². The van der Waals surface area contributed by atoms with Crippen molar-refractivity contribution in [1.29, 1.82) is 0 Å². The summed E-state index contributed by atoms with van der Waals surface area (Å²) in [6.07, 6.45) is 4.87. The van der Waals surface area contributed by atoms with Gasteiger partial charge in [-0.05, 0) is 36.9 Å². The molecule has 4 rings (SSSR count). The Morgan fingerprint density at radius 1 is 1.12 bits per heavy atom. The van der Waals surface area contributed by atoms with Crippen LogP contribution in [0.3, 0.4) is 0 Å². The highest BCUT2D eigenvalue weighted by atomic mass is 35.5. The smallest absolute Gasteiger partial charge is 0.332 e. The number of hydrogen-bond acceptors (Lipinski definition) is 8. The van der Waals surface area contributed by atoms with Gasteiger partial charge in [-0.1, -0.05) is 18.5 Å². The molecule has 168 valence electrons. The van der Waals surface area contributed by atoms with Gasteiger partial charge in [-0.2, -0.15) is 9.97 Å². The molecule has 0 fully saturated rings. The number of aryl methyl sites for hydroxylation is 2. The van der Waals surface area contributed by atoms with Crippen LogP contribution >= 0.6 is 11.6 Å². The predicted octanol–water partition coefficient (Wildman–Crippen LogP) is 2.51. The van der Waals surface area contributed by atoms with Crippen LogP contribution in [0, 0.1) is 0 Å². The second-order valence-corrected chi connectivity index (χ2v) is 7.71. The molecular formula is C20H22ClN7O4. The lowest BCUT2D eigenvalue weighted by Gasteiger charge is -2.10. The van der Waals surface area contributed by atoms with Gasteiger partial charge in [-0.3, -0.25) is 13.9 Å². The number of aromatic nitrogens is 7. The van der Waals surface area contributed by atoms with Crippen LogP contribution in [-0.4, -0.2) is 39.3 Å². The largest absolute Gasteiger partial charge is 0.493 e. The van der Waals surface area contributed by atoms with E-state index in [2.05, 4.69) is 25.1 Å². The lowest BCUT2D eigenvalue weighted by Crippen LogP contribution is -2.40. The number of fused-ring (bicyclic) bond motifs is 1. The molecule has 0 radical (unpaired) electrons. The van der Waals surface area contributed by atoms with Crippen molar-refractivity contribution >= 4 is 22.8 Å². The van der Waals surface area contributed by atoms with Crippen LogP contribution in [0.15, 0.2) is 32.4 Å². The molecule has 0 aliphatic rings. The summed E-state index contributed by atoms with van der Waals surface area (Å²) in [5.41, 5.74) is 0.306. The fourth-order valence-corrected chi connectivity index (χ4v) is 3.57. The molecule has 0 atom stereocenters. The van der Waals surface area contributed by atoms with Crippen LogP contribution < -0.4 is 11.2 Å². The molecule has 0 spiro atoms. The monoisotopic (exact) mass is 459 g/mol. The molecule has 0 aliphatic heterocycles. The first-order chi connectivity index (χ1) is 15.5. The van der Waals surface area contributed by atoms with Crippen molar-refractivity contribution in [3.63, 3.8) is 0 Å². The fraction of sp³-hybridized carbons (Fsp3) is 0.400. The van der Waals surface area contributed by atoms with E-state index in [9.17, 15) is 14.7 Å². The third kappa shape index (κ3) is 4.42. The van der Waals surface area contributed by atoms with Crippen molar-refractivity contribution < 1.29 is 9.63 Å². The third-order valence-corrected chi connectivity index (χ3v) is 5.24. The number of hydrogen-bond donors (Lipinski definition) is 2. The van der Waals surface area contributed by atoms with Crippen LogP contribution in [0.25, 0.3) is 22.6 Å². The van der Waals surface area contributed by atoms with Gasteiger partial charge in [0.25, 0.3) is 11.4 Å². The van der Waals surface area contributed by atoms with E-state index in [1.54, 1.807) is 6.07 Å². The fourth-order valence-electron chi connectivity index (χ4n) is 3.39. The summed E-state index contributed by atoms with van der Waals surface area (Å²) in [6, 6.07) is 3.07. The molecule has 11 nitrogen and oxygen atoms in total. The van der Waals surface area contributed by atoms with Crippen molar-refractivity contribution in [1.82, 2.24) is 34.2 Å². The highest BCUT2D eigenvalue weighted by Crippen LogP contribution is 2.18. The van der Waals surface area contributed by atoms with E-state index in [-0.39, 0.29) is 34.6 Å². The minimum Gasteiger partial charge on any atom is -0.493 e. The lowest BCUT2D eigenvalue weighted by molar-refractivity contribution is 0.419. The number of aromatic hydroxyl groups is 1. The Kier molecular flexibility index (Phi) is 6.35. The van der Waals surface area contributed by atoms with Gasteiger partial charge in [0.05, 0.1) is 5.56 Å². The Balaban J connectivity index is 1.45. The summed E-state index contributed by atoms with van der Waals surface area (Å²) < 4.78 is 7.95. The van der Waals surface area contributed by atoms with Crippen molar-refractivity contribution in [2.24, 2.45) is 0 Å². The molecular weight excluding hydrogens is 438 g/mol. The zero-order valence-electron chi connectivity index (χ0n) is 17.4. The molecule has 0 unspecified atom stereocenters. The minimum atomic E-state index is -0.432. The average Bonchev–Trinajstić information content (AvgIpc) is 3.40. The molecule has 0 aromatic carbocycles. The maximum Gasteiger partial charge on any atom is 0.332 e. The summed E-state index contributed by atoms with van der Waals surface area (Å²) in [6.45, 7) is 2.74. The van der Waals surface area contributed by atoms with E-state index in [0.29, 0.717) is 43.1 Å². The molecule has 4 aromatic rings. The molecule has 32 heavy (non-hydrogen) atoms. The maximum absolute atomic E-state index is 12.9. The number of halogens is 1. The van der Waals surface area contributed by atoms with Crippen LogP contribution in [0.1, 0.15) is 38.4 Å². The third-order valence-electron chi connectivity index (χ3n) is 5.06. The number of pyridine rings is 1. The molecule has 0 amide bonds. The molecule has 0 bridgehead atoms. The zero-order valence-corrected chi connectivity index (χ0v) is 18.2. The van der Waals surface area contributed by atoms with Crippen molar-refractivity contribution in [3.05, 3.63) is 50.3 Å². The molecule has 4 aromatic heterocycles. The van der Waals surface area contributed by atoms with Crippen molar-refractivity contribution in [2.45, 2.75) is 52.1 Å². The Hall–Kier alpha value is -3.47. The highest BCUT2D eigenvalue weighted by molar-refractivity contribution is 6.28. The van der Waals surface area contributed by atoms with Gasteiger partial charge in [0, 0.05) is 31.8 Å². The molecule has 0 aliphatic carbocycles. The van der Waals surface area contributed by atoms with E-state index < -0.39 is 5.56 Å². The standard InChI is InChI=1S/C20H22ClN7O4/c1-2-3-9-27-16-15(24-19(21)25-16)18(30)28(20(27)31)10-5-4-6-13-23-17(32-26-13)12-7-8-14(29)22-11-12/h7-8,11H,2-6,9-10H2,1H3,(H,22,29)(H,24,25). The van der Waals surface area contributed by atoms with Gasteiger partial charge in [0.1, 0.15) is 0 Å². The first kappa shape index (κ1) is 21.8. The first-order valence-corrected chi connectivity index (χ1v) is 10.7. The lowest BCUT2D eigenvalue weighted by atomic mass is 10.2. The van der Waals surface area contributed by atoms with Gasteiger partial charge >= 0.3 is 5.69 Å². The molecule has 4 heterocycles. The number of H-pyrrole nitrogens is 1. The topological polar surface area (TPSA) is 145 Å². The second kappa shape index (κ2) is 9.35. The Labute approximate surface area is 186 Å². The van der Waals surface area contributed by atoms with Crippen LogP contribution in [0.4, 0.5) is 0 Å². The summed E-state index contributed by atoms with van der Waals surface area (Å²) >= 11 is 5.95. The van der Waals surface area contributed by atoms with Gasteiger partial charge in [-0.15, -0.1) is 0 Å². The summed E-state index contributed by atoms with van der Waals surface area (Å²) in [5, 5.41) is 13.3. The molecule has 0 saturated carbocycles. The SMILES string of the molecule is CCCCn1c(=O)n(CCCCc2noc(-c3ccc(O)nc3)n2)c(=O)c2[nH]c(Cl)nc21. The summed E-state index contributed by atoms with van der Waals surface area (Å²) in [4.78, 5) is 40.7. The molecule has 2 N–H and O–H groups in total. The van der Waals surface area contributed by atoms with Crippen molar-refractivity contribution in [2.75, 3.05) is 0 Å². The van der Waals surface area contributed by atoms with Gasteiger partial charge in [0.2, 0.25) is 11.2 Å².